The van der Waals surface area contributed by atoms with E-state index in [1.165, 1.54) is 35.1 Å². The first kappa shape index (κ1) is 16.5. The molecule has 2 aromatic rings. The summed E-state index contributed by atoms with van der Waals surface area (Å²) < 4.78 is 0. The number of hydrazine groups is 1. The normalized spacial score (nSPS) is 15.4. The van der Waals surface area contributed by atoms with Crippen LogP contribution in [0.25, 0.3) is 0 Å². The van der Waals surface area contributed by atoms with Gasteiger partial charge < -0.3 is 0 Å². The summed E-state index contributed by atoms with van der Waals surface area (Å²) in [5.74, 6) is 0.585. The molecule has 3 heteroatoms. The molecule has 0 radical (unpaired) electrons. The zero-order chi connectivity index (χ0) is 16.1. The Morgan fingerprint density at radius 1 is 0.957 bits per heavy atom. The van der Waals surface area contributed by atoms with Crippen LogP contribution in [0.3, 0.4) is 0 Å². The lowest BCUT2D eigenvalue weighted by atomic mass is 10.0. The van der Waals surface area contributed by atoms with Gasteiger partial charge in [0, 0.05) is 32.1 Å². The Morgan fingerprint density at radius 2 is 1.70 bits per heavy atom. The summed E-state index contributed by atoms with van der Waals surface area (Å²) in [5, 5.41) is 5.00. The highest BCUT2D eigenvalue weighted by Gasteiger charge is 2.21. The van der Waals surface area contributed by atoms with Gasteiger partial charge in [0.1, 0.15) is 0 Å². The third-order valence-electron chi connectivity index (χ3n) is 4.68. The van der Waals surface area contributed by atoms with E-state index in [9.17, 15) is 0 Å². The molecular formula is C20H25ClN2. The smallest absolute Gasteiger partial charge is 0.0479 e. The molecule has 2 aromatic carbocycles. The molecule has 0 N–H and O–H groups in total. The minimum absolute atomic E-state index is 0.585. The van der Waals surface area contributed by atoms with Gasteiger partial charge in [-0.2, -0.15) is 0 Å². The van der Waals surface area contributed by atoms with Crippen molar-refractivity contribution in [2.24, 2.45) is 0 Å². The van der Waals surface area contributed by atoms with Crippen LogP contribution < -0.4 is 0 Å². The Morgan fingerprint density at radius 3 is 2.39 bits per heavy atom. The fourth-order valence-electron chi connectivity index (χ4n) is 3.33. The first-order valence-electron chi connectivity index (χ1n) is 8.45. The minimum atomic E-state index is 0.585. The standard InChI is InChI=1S/C20H25ClN2/c1-17-8-7-11-19(20(17)14-21)16-23(22-12-5-6-13-22)15-18-9-3-2-4-10-18/h2-4,7-11H,5-6,12-16H2,1H3. The first-order valence-corrected chi connectivity index (χ1v) is 8.98. The zero-order valence-electron chi connectivity index (χ0n) is 13.8. The van der Waals surface area contributed by atoms with Gasteiger partial charge in [-0.3, -0.25) is 0 Å². The number of hydrogen-bond donors (Lipinski definition) is 0. The van der Waals surface area contributed by atoms with Crippen molar-refractivity contribution in [3.05, 3.63) is 70.8 Å². The van der Waals surface area contributed by atoms with E-state index in [2.05, 4.69) is 65.5 Å². The van der Waals surface area contributed by atoms with Crippen LogP contribution in [0, 0.1) is 6.92 Å². The second kappa shape index (κ2) is 7.96. The van der Waals surface area contributed by atoms with Crippen LogP contribution in [-0.2, 0) is 19.0 Å². The number of alkyl halides is 1. The molecule has 1 heterocycles. The molecule has 0 amide bonds. The Balaban J connectivity index is 1.82. The van der Waals surface area contributed by atoms with Crippen molar-refractivity contribution in [2.45, 2.75) is 38.7 Å². The highest BCUT2D eigenvalue weighted by Crippen LogP contribution is 2.22. The molecule has 0 spiro atoms. The van der Waals surface area contributed by atoms with Crippen molar-refractivity contribution in [1.82, 2.24) is 10.0 Å². The number of rotatable bonds is 6. The van der Waals surface area contributed by atoms with Crippen LogP contribution in [-0.4, -0.2) is 23.1 Å². The monoisotopic (exact) mass is 328 g/mol. The SMILES string of the molecule is Cc1cccc(CN(Cc2ccccc2)N2CCCC2)c1CCl. The fraction of sp³-hybridized carbons (Fsp3) is 0.400. The Kier molecular flexibility index (Phi) is 5.71. The third kappa shape index (κ3) is 4.14. The summed E-state index contributed by atoms with van der Waals surface area (Å²) in [6, 6.07) is 17.3. The Bertz CT molecular complexity index is 621. The van der Waals surface area contributed by atoms with Crippen molar-refractivity contribution in [1.29, 1.82) is 0 Å². The van der Waals surface area contributed by atoms with E-state index >= 15 is 0 Å². The minimum Gasteiger partial charge on any atom is -0.241 e. The van der Waals surface area contributed by atoms with Gasteiger partial charge in [-0.05, 0) is 42.0 Å². The molecule has 1 saturated heterocycles. The molecule has 1 aliphatic heterocycles. The van der Waals surface area contributed by atoms with Gasteiger partial charge in [-0.1, -0.05) is 48.5 Å². The molecule has 0 saturated carbocycles. The van der Waals surface area contributed by atoms with Crippen molar-refractivity contribution < 1.29 is 0 Å². The molecule has 0 aromatic heterocycles. The molecule has 1 aliphatic rings. The van der Waals surface area contributed by atoms with Crippen LogP contribution in [0.5, 0.6) is 0 Å². The van der Waals surface area contributed by atoms with Gasteiger partial charge in [-0.15, -0.1) is 11.6 Å². The van der Waals surface area contributed by atoms with Gasteiger partial charge in [-0.25, -0.2) is 10.0 Å². The van der Waals surface area contributed by atoms with Gasteiger partial charge in [0.2, 0.25) is 0 Å². The number of benzene rings is 2. The zero-order valence-corrected chi connectivity index (χ0v) is 14.6. The molecule has 23 heavy (non-hydrogen) atoms. The molecule has 1 fully saturated rings. The molecular weight excluding hydrogens is 304 g/mol. The summed E-state index contributed by atoms with van der Waals surface area (Å²) in [4.78, 5) is 0. The topological polar surface area (TPSA) is 6.48 Å². The van der Waals surface area contributed by atoms with E-state index in [1.54, 1.807) is 0 Å². The average Bonchev–Trinajstić information content (AvgIpc) is 3.10. The molecule has 0 atom stereocenters. The van der Waals surface area contributed by atoms with E-state index < -0.39 is 0 Å². The van der Waals surface area contributed by atoms with Crippen molar-refractivity contribution >= 4 is 11.6 Å². The molecule has 2 nitrogen and oxygen atoms in total. The third-order valence-corrected chi connectivity index (χ3v) is 4.95. The highest BCUT2D eigenvalue weighted by molar-refractivity contribution is 6.17. The quantitative estimate of drug-likeness (QED) is 0.706. The highest BCUT2D eigenvalue weighted by atomic mass is 35.5. The lowest BCUT2D eigenvalue weighted by molar-refractivity contribution is -0.0203. The number of hydrogen-bond acceptors (Lipinski definition) is 2. The second-order valence-electron chi connectivity index (χ2n) is 6.32. The molecule has 3 rings (SSSR count). The lowest BCUT2D eigenvalue weighted by Gasteiger charge is -2.32. The van der Waals surface area contributed by atoms with Crippen LogP contribution in [0.1, 0.15) is 35.1 Å². The fourth-order valence-corrected chi connectivity index (χ4v) is 3.71. The van der Waals surface area contributed by atoms with Crippen LogP contribution in [0.2, 0.25) is 0 Å². The maximum Gasteiger partial charge on any atom is 0.0479 e. The van der Waals surface area contributed by atoms with Gasteiger partial charge in [0.15, 0.2) is 0 Å². The molecule has 0 bridgehead atoms. The van der Waals surface area contributed by atoms with Crippen LogP contribution >= 0.6 is 11.6 Å². The maximum absolute atomic E-state index is 6.21. The average molecular weight is 329 g/mol. The lowest BCUT2D eigenvalue weighted by Crippen LogP contribution is -2.39. The Labute approximate surface area is 144 Å². The Hall–Kier alpha value is -1.35. The van der Waals surface area contributed by atoms with E-state index in [-0.39, 0.29) is 0 Å². The van der Waals surface area contributed by atoms with Crippen molar-refractivity contribution in [2.75, 3.05) is 13.1 Å². The largest absolute Gasteiger partial charge is 0.241 e. The van der Waals surface area contributed by atoms with E-state index in [4.69, 9.17) is 11.6 Å². The summed E-state index contributed by atoms with van der Waals surface area (Å²) in [6.45, 7) is 6.36. The number of aryl methyl sites for hydroxylation is 1. The summed E-state index contributed by atoms with van der Waals surface area (Å²) in [6.07, 6.45) is 2.59. The van der Waals surface area contributed by atoms with E-state index in [0.717, 1.165) is 26.2 Å². The summed E-state index contributed by atoms with van der Waals surface area (Å²) in [5.41, 5.74) is 5.28. The van der Waals surface area contributed by atoms with Crippen LogP contribution in [0.4, 0.5) is 0 Å². The van der Waals surface area contributed by atoms with Crippen molar-refractivity contribution in [3.8, 4) is 0 Å². The van der Waals surface area contributed by atoms with Gasteiger partial charge >= 0.3 is 0 Å². The predicted molar refractivity (Wildman–Crippen MR) is 97.2 cm³/mol. The second-order valence-corrected chi connectivity index (χ2v) is 6.58. The number of halogens is 1. The molecule has 122 valence electrons. The van der Waals surface area contributed by atoms with Gasteiger partial charge in [0.05, 0.1) is 0 Å². The molecule has 0 aliphatic carbocycles. The maximum atomic E-state index is 6.21. The molecule has 0 unspecified atom stereocenters. The number of nitrogens with zero attached hydrogens (tertiary/aromatic N) is 2. The predicted octanol–water partition coefficient (Wildman–Crippen LogP) is 4.75. The van der Waals surface area contributed by atoms with E-state index in [1.807, 2.05) is 0 Å². The summed E-state index contributed by atoms with van der Waals surface area (Å²) in [7, 11) is 0. The van der Waals surface area contributed by atoms with Crippen LogP contribution in [0.15, 0.2) is 48.5 Å². The van der Waals surface area contributed by atoms with Crippen molar-refractivity contribution in [3.63, 3.8) is 0 Å². The van der Waals surface area contributed by atoms with E-state index in [0.29, 0.717) is 5.88 Å². The van der Waals surface area contributed by atoms with Gasteiger partial charge in [0.25, 0.3) is 0 Å². The summed E-state index contributed by atoms with van der Waals surface area (Å²) >= 11 is 6.21. The first-order chi connectivity index (χ1) is 11.3.